The minimum absolute atomic E-state index is 0. The van der Waals surface area contributed by atoms with Gasteiger partial charge in [-0.2, -0.15) is 10.1 Å². The number of nitrogens with one attached hydrogen (secondary N) is 2. The van der Waals surface area contributed by atoms with Gasteiger partial charge < -0.3 is 14.8 Å². The first kappa shape index (κ1) is 19.8. The van der Waals surface area contributed by atoms with Gasteiger partial charge in [-0.1, -0.05) is 5.16 Å². The summed E-state index contributed by atoms with van der Waals surface area (Å²) >= 11 is 0. The van der Waals surface area contributed by atoms with Gasteiger partial charge in [0, 0.05) is 17.4 Å². The second-order valence-electron chi connectivity index (χ2n) is 9.09. The van der Waals surface area contributed by atoms with Gasteiger partial charge in [0.1, 0.15) is 5.65 Å². The summed E-state index contributed by atoms with van der Waals surface area (Å²) in [4.78, 5) is 20.2. The topological polar surface area (TPSA) is 101 Å². The van der Waals surface area contributed by atoms with Crippen molar-refractivity contribution in [3.63, 3.8) is 0 Å². The van der Waals surface area contributed by atoms with Crippen LogP contribution in [0.5, 0.6) is 0 Å². The Kier molecular flexibility index (Phi) is 4.94. The third-order valence-corrected chi connectivity index (χ3v) is 7.51. The molecule has 9 heteroatoms. The smallest absolute Gasteiger partial charge is 0.251 e. The maximum Gasteiger partial charge on any atom is 0.251 e. The highest BCUT2D eigenvalue weighted by atomic mass is 35.5. The third-order valence-electron chi connectivity index (χ3n) is 7.51. The minimum atomic E-state index is -0.110. The van der Waals surface area contributed by atoms with Crippen LogP contribution in [-0.4, -0.2) is 37.8 Å². The summed E-state index contributed by atoms with van der Waals surface area (Å²) in [6.45, 7) is 1.93. The molecule has 30 heavy (non-hydrogen) atoms. The molecule has 0 atom stereocenters. The number of hydrogen-bond acceptors (Lipinski definition) is 6. The molecule has 0 spiro atoms. The van der Waals surface area contributed by atoms with Gasteiger partial charge in [-0.3, -0.25) is 4.79 Å². The largest absolute Gasteiger partial charge is 0.338 e. The number of halogens is 1. The zero-order valence-corrected chi connectivity index (χ0v) is 17.7. The van der Waals surface area contributed by atoms with Gasteiger partial charge in [0.25, 0.3) is 5.56 Å². The average Bonchev–Trinajstić information content (AvgIpc) is 3.43. The van der Waals surface area contributed by atoms with Crippen molar-refractivity contribution in [1.29, 1.82) is 0 Å². The van der Waals surface area contributed by atoms with E-state index >= 15 is 0 Å². The van der Waals surface area contributed by atoms with E-state index in [4.69, 9.17) is 9.51 Å². The summed E-state index contributed by atoms with van der Waals surface area (Å²) in [5, 5.41) is 12.3. The third kappa shape index (κ3) is 3.08. The first-order valence-corrected chi connectivity index (χ1v) is 10.9. The van der Waals surface area contributed by atoms with Crippen molar-refractivity contribution in [1.82, 2.24) is 30.1 Å². The molecule has 2 N–H and O–H groups in total. The Morgan fingerprint density at radius 2 is 1.83 bits per heavy atom. The standard InChI is InChI=1S/C21H26N6O2.ClH/c28-17-11-16(14-4-9-22-10-5-14)27-19(24-17)15(12-23-27)18-25-20(29-26-18)21-6-1-13(2-7-21)3-8-21;/h11-14,22H,1-10H2,(H,24,28);1H. The van der Waals surface area contributed by atoms with E-state index in [0.29, 0.717) is 17.4 Å². The summed E-state index contributed by atoms with van der Waals surface area (Å²) in [6, 6.07) is 1.68. The second-order valence-corrected chi connectivity index (χ2v) is 9.09. The molecular weight excluding hydrogens is 404 g/mol. The van der Waals surface area contributed by atoms with Crippen molar-refractivity contribution in [2.75, 3.05) is 13.1 Å². The normalized spacial score (nSPS) is 26.7. The zero-order chi connectivity index (χ0) is 19.4. The van der Waals surface area contributed by atoms with Gasteiger partial charge in [-0.25, -0.2) is 4.52 Å². The minimum Gasteiger partial charge on any atom is -0.338 e. The Hall–Kier alpha value is -2.19. The average molecular weight is 431 g/mol. The molecule has 8 nitrogen and oxygen atoms in total. The Morgan fingerprint density at radius 1 is 1.10 bits per heavy atom. The van der Waals surface area contributed by atoms with E-state index in [2.05, 4.69) is 20.6 Å². The number of rotatable bonds is 3. The van der Waals surface area contributed by atoms with Gasteiger partial charge in [-0.15, -0.1) is 12.4 Å². The predicted octanol–water partition coefficient (Wildman–Crippen LogP) is 3.18. The van der Waals surface area contributed by atoms with Crippen LogP contribution in [0.15, 0.2) is 21.6 Å². The van der Waals surface area contributed by atoms with Gasteiger partial charge >= 0.3 is 0 Å². The first-order chi connectivity index (χ1) is 14.2. The second kappa shape index (κ2) is 7.50. The molecule has 3 aromatic rings. The van der Waals surface area contributed by atoms with Crippen molar-refractivity contribution >= 4 is 18.1 Å². The lowest BCUT2D eigenvalue weighted by Gasteiger charge is -2.43. The van der Waals surface area contributed by atoms with Crippen LogP contribution in [-0.2, 0) is 5.41 Å². The number of nitrogens with zero attached hydrogens (tertiary/aromatic N) is 4. The number of hydrogen-bond donors (Lipinski definition) is 2. The van der Waals surface area contributed by atoms with Crippen LogP contribution in [0.3, 0.4) is 0 Å². The number of aromatic amines is 1. The van der Waals surface area contributed by atoms with Crippen LogP contribution in [0.1, 0.15) is 68.9 Å². The highest BCUT2D eigenvalue weighted by Crippen LogP contribution is 2.51. The molecule has 3 aromatic heterocycles. The fourth-order valence-corrected chi connectivity index (χ4v) is 5.70. The summed E-state index contributed by atoms with van der Waals surface area (Å²) in [7, 11) is 0. The Bertz CT molecular complexity index is 1090. The zero-order valence-electron chi connectivity index (χ0n) is 16.9. The Labute approximate surface area is 180 Å². The lowest BCUT2D eigenvalue weighted by Crippen LogP contribution is -2.37. The highest BCUT2D eigenvalue weighted by molar-refractivity contribution is 5.85. The van der Waals surface area contributed by atoms with Gasteiger partial charge in [-0.05, 0) is 70.4 Å². The molecule has 4 aliphatic rings. The van der Waals surface area contributed by atoms with Gasteiger partial charge in [0.2, 0.25) is 11.7 Å². The van der Waals surface area contributed by atoms with E-state index in [1.165, 1.54) is 19.3 Å². The molecule has 0 unspecified atom stereocenters. The van der Waals surface area contributed by atoms with Crippen LogP contribution in [0.4, 0.5) is 0 Å². The number of aromatic nitrogens is 5. The summed E-state index contributed by atoms with van der Waals surface area (Å²) < 4.78 is 7.63. The molecule has 0 amide bonds. The molecule has 3 saturated carbocycles. The predicted molar refractivity (Wildman–Crippen MR) is 114 cm³/mol. The monoisotopic (exact) mass is 430 g/mol. The van der Waals surface area contributed by atoms with E-state index in [1.807, 2.05) is 4.52 Å². The highest BCUT2D eigenvalue weighted by Gasteiger charge is 2.45. The van der Waals surface area contributed by atoms with E-state index in [1.54, 1.807) is 12.3 Å². The molecule has 4 fully saturated rings. The van der Waals surface area contributed by atoms with Crippen LogP contribution < -0.4 is 10.9 Å². The fraction of sp³-hybridized carbons (Fsp3) is 0.619. The molecule has 4 heterocycles. The lowest BCUT2D eigenvalue weighted by atomic mass is 9.60. The van der Waals surface area contributed by atoms with Crippen molar-refractivity contribution in [2.45, 2.75) is 62.7 Å². The number of fused-ring (bicyclic) bond motifs is 4. The number of H-pyrrole nitrogens is 1. The number of piperidine rings is 1. The van der Waals surface area contributed by atoms with E-state index < -0.39 is 0 Å². The lowest BCUT2D eigenvalue weighted by molar-refractivity contribution is 0.103. The molecule has 2 bridgehead atoms. The van der Waals surface area contributed by atoms with Gasteiger partial charge in [0.05, 0.1) is 17.5 Å². The van der Waals surface area contributed by atoms with Crippen LogP contribution in [0.2, 0.25) is 0 Å². The van der Waals surface area contributed by atoms with E-state index in [9.17, 15) is 4.79 Å². The van der Waals surface area contributed by atoms with Crippen molar-refractivity contribution < 1.29 is 4.52 Å². The SMILES string of the molecule is Cl.O=c1cc(C2CCNCC2)n2ncc(-c3noc(C45CCC(CC4)CC5)n3)c2[nH]1. The molecule has 160 valence electrons. The molecule has 1 saturated heterocycles. The molecule has 0 aromatic carbocycles. The van der Waals surface area contributed by atoms with Crippen LogP contribution >= 0.6 is 12.4 Å². The molecule has 7 rings (SSSR count). The molecule has 0 radical (unpaired) electrons. The fourth-order valence-electron chi connectivity index (χ4n) is 5.70. The molecule has 1 aliphatic heterocycles. The van der Waals surface area contributed by atoms with Gasteiger partial charge in [0.15, 0.2) is 0 Å². The Balaban J connectivity index is 0.00000193. The van der Waals surface area contributed by atoms with Crippen LogP contribution in [0, 0.1) is 5.92 Å². The van der Waals surface area contributed by atoms with E-state index in [-0.39, 0.29) is 23.4 Å². The van der Waals surface area contributed by atoms with Crippen LogP contribution in [0.25, 0.3) is 17.0 Å². The first-order valence-electron chi connectivity index (χ1n) is 10.9. The maximum absolute atomic E-state index is 12.4. The van der Waals surface area contributed by atoms with Crippen molar-refractivity contribution in [2.24, 2.45) is 5.92 Å². The van der Waals surface area contributed by atoms with Crippen molar-refractivity contribution in [3.8, 4) is 11.4 Å². The van der Waals surface area contributed by atoms with Crippen molar-refractivity contribution in [3.05, 3.63) is 34.2 Å². The Morgan fingerprint density at radius 3 is 2.57 bits per heavy atom. The molecular formula is C21H27ClN6O2. The summed E-state index contributed by atoms with van der Waals surface area (Å²) in [5.74, 6) is 2.50. The quantitative estimate of drug-likeness (QED) is 0.661. The summed E-state index contributed by atoms with van der Waals surface area (Å²) in [5.41, 5.74) is 2.29. The summed E-state index contributed by atoms with van der Waals surface area (Å²) in [6.07, 6.45) is 11.0. The maximum atomic E-state index is 12.4. The molecule has 3 aliphatic carbocycles. The van der Waals surface area contributed by atoms with E-state index in [0.717, 1.165) is 68.3 Å².